The van der Waals surface area contributed by atoms with Crippen molar-refractivity contribution in [1.29, 1.82) is 0 Å². The van der Waals surface area contributed by atoms with Gasteiger partial charge < -0.3 is 11.1 Å². The van der Waals surface area contributed by atoms with E-state index in [1.54, 1.807) is 0 Å². The molecule has 0 atom stereocenters. The second kappa shape index (κ2) is 3.35. The van der Waals surface area contributed by atoms with Crippen LogP contribution in [0.15, 0.2) is 0 Å². The van der Waals surface area contributed by atoms with Crippen LogP contribution < -0.4 is 11.1 Å². The average molecular weight is 168 g/mol. The maximum Gasteiger partial charge on any atom is 0.0282 e. The fraction of sp³-hybridized carbons (Fsp3) is 1.00. The van der Waals surface area contributed by atoms with Crippen LogP contribution in [0.25, 0.3) is 0 Å². The Kier molecular flexibility index (Phi) is 2.37. The van der Waals surface area contributed by atoms with E-state index in [2.05, 4.69) is 5.32 Å². The van der Waals surface area contributed by atoms with Crippen LogP contribution in [0, 0.1) is 5.92 Å². The van der Waals surface area contributed by atoms with E-state index < -0.39 is 0 Å². The molecule has 0 bridgehead atoms. The van der Waals surface area contributed by atoms with E-state index in [9.17, 15) is 0 Å². The van der Waals surface area contributed by atoms with Gasteiger partial charge in [-0.1, -0.05) is 12.8 Å². The van der Waals surface area contributed by atoms with Gasteiger partial charge in [-0.15, -0.1) is 0 Å². The summed E-state index contributed by atoms with van der Waals surface area (Å²) in [5, 5.41) is 3.50. The zero-order valence-corrected chi connectivity index (χ0v) is 7.81. The monoisotopic (exact) mass is 168 g/mol. The van der Waals surface area contributed by atoms with Gasteiger partial charge in [0.1, 0.15) is 0 Å². The highest BCUT2D eigenvalue weighted by Gasteiger charge is 2.37. The first-order valence-corrected chi connectivity index (χ1v) is 5.28. The molecule has 2 aliphatic rings. The molecule has 70 valence electrons. The quantitative estimate of drug-likeness (QED) is 0.663. The summed E-state index contributed by atoms with van der Waals surface area (Å²) in [4.78, 5) is 0. The van der Waals surface area contributed by atoms with Crippen molar-refractivity contribution in [3.63, 3.8) is 0 Å². The Morgan fingerprint density at radius 2 is 1.92 bits per heavy atom. The lowest BCUT2D eigenvalue weighted by Crippen LogP contribution is -2.37. The van der Waals surface area contributed by atoms with Crippen LogP contribution in [-0.4, -0.2) is 18.6 Å². The fourth-order valence-corrected chi connectivity index (χ4v) is 2.08. The first-order valence-electron chi connectivity index (χ1n) is 5.28. The summed E-state index contributed by atoms with van der Waals surface area (Å²) in [6, 6.07) is 0. The van der Waals surface area contributed by atoms with Gasteiger partial charge in [-0.2, -0.15) is 0 Å². The van der Waals surface area contributed by atoms with Crippen molar-refractivity contribution in [2.45, 2.75) is 44.1 Å². The largest absolute Gasteiger partial charge is 0.324 e. The summed E-state index contributed by atoms with van der Waals surface area (Å²) < 4.78 is 0. The van der Waals surface area contributed by atoms with Crippen molar-refractivity contribution >= 4 is 0 Å². The molecule has 12 heavy (non-hydrogen) atoms. The predicted molar refractivity (Wildman–Crippen MR) is 51.0 cm³/mol. The Bertz CT molecular complexity index is 146. The third-order valence-electron chi connectivity index (χ3n) is 3.28. The van der Waals surface area contributed by atoms with E-state index in [-0.39, 0.29) is 5.54 Å². The minimum absolute atomic E-state index is 0.193. The van der Waals surface area contributed by atoms with Crippen LogP contribution in [0.3, 0.4) is 0 Å². The summed E-state index contributed by atoms with van der Waals surface area (Å²) >= 11 is 0. The standard InChI is InChI=1S/C10H20N2/c11-10(5-6-10)8-12-7-9-3-1-2-4-9/h9,12H,1-8,11H2. The lowest BCUT2D eigenvalue weighted by atomic mass is 10.1. The topological polar surface area (TPSA) is 38.0 Å². The van der Waals surface area contributed by atoms with E-state index in [1.807, 2.05) is 0 Å². The Hall–Kier alpha value is -0.0800. The SMILES string of the molecule is NC1(CNCC2CCCC2)CC1. The molecule has 2 fully saturated rings. The summed E-state index contributed by atoms with van der Waals surface area (Å²) in [6.07, 6.45) is 8.21. The van der Waals surface area contributed by atoms with Crippen molar-refractivity contribution in [3.8, 4) is 0 Å². The van der Waals surface area contributed by atoms with Gasteiger partial charge in [0.2, 0.25) is 0 Å². The zero-order valence-electron chi connectivity index (χ0n) is 7.81. The smallest absolute Gasteiger partial charge is 0.0282 e. The first kappa shape index (κ1) is 8.52. The zero-order chi connectivity index (χ0) is 8.44. The Labute approximate surface area is 74.9 Å². The maximum absolute atomic E-state index is 5.97. The second-order valence-corrected chi connectivity index (χ2v) is 4.64. The van der Waals surface area contributed by atoms with Gasteiger partial charge in [-0.3, -0.25) is 0 Å². The van der Waals surface area contributed by atoms with Crippen molar-refractivity contribution in [2.24, 2.45) is 11.7 Å². The molecular weight excluding hydrogens is 148 g/mol. The van der Waals surface area contributed by atoms with Crippen LogP contribution in [0.1, 0.15) is 38.5 Å². The van der Waals surface area contributed by atoms with E-state index in [4.69, 9.17) is 5.73 Å². The molecule has 0 amide bonds. The second-order valence-electron chi connectivity index (χ2n) is 4.64. The summed E-state index contributed by atoms with van der Waals surface area (Å²) in [5.74, 6) is 0.951. The van der Waals surface area contributed by atoms with Crippen LogP contribution >= 0.6 is 0 Å². The Balaban J connectivity index is 1.56. The van der Waals surface area contributed by atoms with Crippen molar-refractivity contribution in [1.82, 2.24) is 5.32 Å². The third-order valence-corrected chi connectivity index (χ3v) is 3.28. The molecule has 0 aromatic rings. The van der Waals surface area contributed by atoms with E-state index >= 15 is 0 Å². The van der Waals surface area contributed by atoms with Gasteiger partial charge in [-0.25, -0.2) is 0 Å². The predicted octanol–water partition coefficient (Wildman–Crippen LogP) is 1.26. The number of nitrogens with one attached hydrogen (secondary N) is 1. The van der Waals surface area contributed by atoms with Crippen LogP contribution in [0.4, 0.5) is 0 Å². The number of hydrogen-bond donors (Lipinski definition) is 2. The summed E-state index contributed by atoms with van der Waals surface area (Å²) in [5.41, 5.74) is 6.16. The molecule has 2 heteroatoms. The minimum atomic E-state index is 0.193. The van der Waals surface area contributed by atoms with E-state index in [0.717, 1.165) is 12.5 Å². The van der Waals surface area contributed by atoms with Crippen LogP contribution in [-0.2, 0) is 0 Å². The lowest BCUT2D eigenvalue weighted by molar-refractivity contribution is 0.465. The van der Waals surface area contributed by atoms with Gasteiger partial charge in [0.25, 0.3) is 0 Å². The average Bonchev–Trinajstić information content (AvgIpc) is 2.61. The third kappa shape index (κ3) is 2.20. The molecule has 0 radical (unpaired) electrons. The maximum atomic E-state index is 5.97. The molecule has 0 aliphatic heterocycles. The molecule has 2 saturated carbocycles. The van der Waals surface area contributed by atoms with E-state index in [0.29, 0.717) is 0 Å². The van der Waals surface area contributed by atoms with Gasteiger partial charge in [0.15, 0.2) is 0 Å². The highest BCUT2D eigenvalue weighted by Crippen LogP contribution is 2.31. The molecule has 0 heterocycles. The number of hydrogen-bond acceptors (Lipinski definition) is 2. The highest BCUT2D eigenvalue weighted by molar-refractivity contribution is 5.00. The molecule has 0 spiro atoms. The van der Waals surface area contributed by atoms with Gasteiger partial charge >= 0.3 is 0 Å². The molecule has 0 aromatic carbocycles. The van der Waals surface area contributed by atoms with Crippen LogP contribution in [0.2, 0.25) is 0 Å². The number of rotatable bonds is 4. The van der Waals surface area contributed by atoms with Crippen molar-refractivity contribution in [2.75, 3.05) is 13.1 Å². The van der Waals surface area contributed by atoms with Gasteiger partial charge in [0.05, 0.1) is 0 Å². The molecule has 3 N–H and O–H groups in total. The normalized spacial score (nSPS) is 27.8. The van der Waals surface area contributed by atoms with Crippen molar-refractivity contribution in [3.05, 3.63) is 0 Å². The minimum Gasteiger partial charge on any atom is -0.324 e. The molecule has 0 unspecified atom stereocenters. The highest BCUT2D eigenvalue weighted by atomic mass is 15.0. The first-order chi connectivity index (χ1) is 5.79. The molecule has 2 rings (SSSR count). The summed E-state index contributed by atoms with van der Waals surface area (Å²) in [6.45, 7) is 2.25. The molecule has 0 aromatic heterocycles. The van der Waals surface area contributed by atoms with E-state index in [1.165, 1.54) is 45.1 Å². The van der Waals surface area contributed by atoms with Crippen molar-refractivity contribution < 1.29 is 0 Å². The summed E-state index contributed by atoms with van der Waals surface area (Å²) in [7, 11) is 0. The Morgan fingerprint density at radius 3 is 2.50 bits per heavy atom. The fourth-order valence-electron chi connectivity index (χ4n) is 2.08. The molecule has 2 nitrogen and oxygen atoms in total. The van der Waals surface area contributed by atoms with Crippen LogP contribution in [0.5, 0.6) is 0 Å². The Morgan fingerprint density at radius 1 is 1.25 bits per heavy atom. The molecule has 0 saturated heterocycles. The number of nitrogens with two attached hydrogens (primary N) is 1. The van der Waals surface area contributed by atoms with Gasteiger partial charge in [0, 0.05) is 12.1 Å². The lowest BCUT2D eigenvalue weighted by Gasteiger charge is -2.13. The molecule has 2 aliphatic carbocycles. The van der Waals surface area contributed by atoms with Gasteiger partial charge in [-0.05, 0) is 38.1 Å². The molecular formula is C10H20N2.